The first-order valence-electron chi connectivity index (χ1n) is 7.46. The van der Waals surface area contributed by atoms with Crippen LogP contribution in [-0.2, 0) is 0 Å². The molecule has 7 nitrogen and oxygen atoms in total. The Morgan fingerprint density at radius 2 is 1.96 bits per heavy atom. The van der Waals surface area contributed by atoms with E-state index in [4.69, 9.17) is 23.2 Å². The Morgan fingerprint density at radius 1 is 1.12 bits per heavy atom. The highest BCUT2D eigenvalue weighted by Gasteiger charge is 2.16. The molecule has 0 saturated heterocycles. The molecule has 0 unspecified atom stereocenters. The van der Waals surface area contributed by atoms with E-state index in [9.17, 15) is 9.59 Å². The highest BCUT2D eigenvalue weighted by molar-refractivity contribution is 6.35. The van der Waals surface area contributed by atoms with Crippen LogP contribution in [0.25, 0.3) is 22.3 Å². The number of nitrogens with zero attached hydrogens (tertiary/aromatic N) is 1. The van der Waals surface area contributed by atoms with Crippen molar-refractivity contribution in [2.24, 2.45) is 0 Å². The Labute approximate surface area is 155 Å². The van der Waals surface area contributed by atoms with E-state index in [1.807, 2.05) is 6.07 Å². The lowest BCUT2D eigenvalue weighted by molar-refractivity contribution is 0.102. The maximum absolute atomic E-state index is 12.6. The summed E-state index contributed by atoms with van der Waals surface area (Å²) in [6.45, 7) is 0. The van der Waals surface area contributed by atoms with Crippen LogP contribution >= 0.6 is 23.2 Å². The van der Waals surface area contributed by atoms with Gasteiger partial charge >= 0.3 is 5.76 Å². The normalized spacial score (nSPS) is 11.0. The standard InChI is InChI=1S/C17H10Cl2N4O3/c18-9-4-5-12(10(7-9)15-22-17(25)26-23-15)21-16(24)13-6-8-2-1-3-11(19)14(8)20-13/h1-7,20H,(H,21,24)(H,22,23,25). The highest BCUT2D eigenvalue weighted by atomic mass is 35.5. The van der Waals surface area contributed by atoms with E-state index >= 15 is 0 Å². The predicted octanol–water partition coefficient (Wildman–Crippen LogP) is 4.07. The van der Waals surface area contributed by atoms with Crippen LogP contribution in [0, 0.1) is 0 Å². The van der Waals surface area contributed by atoms with Gasteiger partial charge in [0.05, 0.1) is 16.2 Å². The van der Waals surface area contributed by atoms with E-state index in [1.165, 1.54) is 0 Å². The minimum atomic E-state index is -0.706. The fourth-order valence-corrected chi connectivity index (χ4v) is 3.00. The maximum Gasteiger partial charge on any atom is 0.439 e. The quantitative estimate of drug-likeness (QED) is 0.491. The summed E-state index contributed by atoms with van der Waals surface area (Å²) >= 11 is 12.1. The average Bonchev–Trinajstić information content (AvgIpc) is 3.23. The molecular formula is C17H10Cl2N4O3. The molecule has 0 spiro atoms. The third-order valence-electron chi connectivity index (χ3n) is 3.78. The molecule has 26 heavy (non-hydrogen) atoms. The number of para-hydroxylation sites is 1. The first-order valence-corrected chi connectivity index (χ1v) is 8.21. The van der Waals surface area contributed by atoms with Crippen LogP contribution < -0.4 is 11.1 Å². The third-order valence-corrected chi connectivity index (χ3v) is 4.33. The van der Waals surface area contributed by atoms with Gasteiger partial charge in [-0.15, -0.1) is 0 Å². The number of rotatable bonds is 3. The SMILES string of the molecule is O=C(Nc1ccc(Cl)cc1-c1noc(=O)[nH]1)c1cc2cccc(Cl)c2[nH]1. The van der Waals surface area contributed by atoms with Crippen LogP contribution in [-0.4, -0.2) is 21.0 Å². The number of carbonyl (C=O) groups is 1. The van der Waals surface area contributed by atoms with Crippen LogP contribution in [0.15, 0.2) is 51.8 Å². The molecule has 0 aliphatic rings. The highest BCUT2D eigenvalue weighted by Crippen LogP contribution is 2.29. The lowest BCUT2D eigenvalue weighted by Crippen LogP contribution is -2.13. The summed E-state index contributed by atoms with van der Waals surface area (Å²) in [6, 6.07) is 11.9. The van der Waals surface area contributed by atoms with Gasteiger partial charge in [0.1, 0.15) is 5.69 Å². The van der Waals surface area contributed by atoms with Crippen LogP contribution in [0.2, 0.25) is 10.0 Å². The van der Waals surface area contributed by atoms with E-state index in [-0.39, 0.29) is 11.7 Å². The Kier molecular flexibility index (Phi) is 4.02. The van der Waals surface area contributed by atoms with Crippen LogP contribution in [0.4, 0.5) is 5.69 Å². The van der Waals surface area contributed by atoms with E-state index in [0.717, 1.165) is 5.39 Å². The molecule has 0 aliphatic heterocycles. The number of aromatic amines is 2. The summed E-state index contributed by atoms with van der Waals surface area (Å²) in [5, 5.41) is 8.16. The van der Waals surface area contributed by atoms with Crippen molar-refractivity contribution in [3.05, 3.63) is 68.8 Å². The van der Waals surface area contributed by atoms with Crippen molar-refractivity contribution in [3.8, 4) is 11.4 Å². The summed E-state index contributed by atoms with van der Waals surface area (Å²) in [4.78, 5) is 29.3. The van der Waals surface area contributed by atoms with E-state index in [1.54, 1.807) is 36.4 Å². The molecule has 0 radical (unpaired) electrons. The molecule has 9 heteroatoms. The topological polar surface area (TPSA) is 104 Å². The molecular weight excluding hydrogens is 379 g/mol. The summed E-state index contributed by atoms with van der Waals surface area (Å²) in [7, 11) is 0. The number of amides is 1. The molecule has 2 aromatic carbocycles. The fraction of sp³-hybridized carbons (Fsp3) is 0. The minimum Gasteiger partial charge on any atom is -0.349 e. The Morgan fingerprint density at radius 3 is 2.69 bits per heavy atom. The number of nitrogens with one attached hydrogen (secondary N) is 3. The second kappa shape index (κ2) is 6.36. The number of hydrogen-bond acceptors (Lipinski definition) is 4. The molecule has 130 valence electrons. The second-order valence-corrected chi connectivity index (χ2v) is 6.32. The molecule has 0 bridgehead atoms. The first-order chi connectivity index (χ1) is 12.5. The zero-order chi connectivity index (χ0) is 18.3. The van der Waals surface area contributed by atoms with E-state index < -0.39 is 5.76 Å². The average molecular weight is 389 g/mol. The number of halogens is 2. The van der Waals surface area contributed by atoms with Gasteiger partial charge in [0.25, 0.3) is 5.91 Å². The van der Waals surface area contributed by atoms with Crippen molar-refractivity contribution in [2.45, 2.75) is 0 Å². The van der Waals surface area contributed by atoms with Crippen molar-refractivity contribution in [3.63, 3.8) is 0 Å². The van der Waals surface area contributed by atoms with Gasteiger partial charge < -0.3 is 10.3 Å². The largest absolute Gasteiger partial charge is 0.439 e. The number of hydrogen-bond donors (Lipinski definition) is 3. The second-order valence-electron chi connectivity index (χ2n) is 5.47. The molecule has 0 atom stereocenters. The molecule has 1 amide bonds. The smallest absolute Gasteiger partial charge is 0.349 e. The van der Waals surface area contributed by atoms with Gasteiger partial charge in [0.2, 0.25) is 0 Å². The van der Waals surface area contributed by atoms with E-state index in [0.29, 0.717) is 32.5 Å². The lowest BCUT2D eigenvalue weighted by atomic mass is 10.1. The van der Waals surface area contributed by atoms with E-state index in [2.05, 4.69) is 25.0 Å². The zero-order valence-corrected chi connectivity index (χ0v) is 14.5. The summed E-state index contributed by atoms with van der Waals surface area (Å²) in [6.07, 6.45) is 0. The third kappa shape index (κ3) is 2.98. The number of fused-ring (bicyclic) bond motifs is 1. The first kappa shape index (κ1) is 16.4. The maximum atomic E-state index is 12.6. The van der Waals surface area contributed by atoms with Crippen molar-refractivity contribution in [2.75, 3.05) is 5.32 Å². The van der Waals surface area contributed by atoms with Crippen molar-refractivity contribution in [1.82, 2.24) is 15.1 Å². The summed E-state index contributed by atoms with van der Waals surface area (Å²) in [5.74, 6) is -0.929. The number of benzene rings is 2. The number of H-pyrrole nitrogens is 2. The molecule has 2 heterocycles. The number of anilines is 1. The Balaban J connectivity index is 1.71. The minimum absolute atomic E-state index is 0.160. The monoisotopic (exact) mass is 388 g/mol. The Bertz CT molecular complexity index is 1190. The van der Waals surface area contributed by atoms with Gasteiger partial charge in [0, 0.05) is 16.0 Å². The molecule has 4 rings (SSSR count). The summed E-state index contributed by atoms with van der Waals surface area (Å²) < 4.78 is 4.52. The Hall–Kier alpha value is -3.03. The van der Waals surface area contributed by atoms with Crippen LogP contribution in [0.3, 0.4) is 0 Å². The van der Waals surface area contributed by atoms with Gasteiger partial charge in [-0.3, -0.25) is 14.3 Å². The van der Waals surface area contributed by atoms with Gasteiger partial charge in [-0.05, 0) is 30.3 Å². The van der Waals surface area contributed by atoms with Crippen LogP contribution in [0.1, 0.15) is 10.5 Å². The van der Waals surface area contributed by atoms with Gasteiger partial charge in [0.15, 0.2) is 5.82 Å². The number of aromatic nitrogens is 3. The van der Waals surface area contributed by atoms with Crippen LogP contribution in [0.5, 0.6) is 0 Å². The molecule has 0 fully saturated rings. The van der Waals surface area contributed by atoms with Gasteiger partial charge in [-0.2, -0.15) is 0 Å². The van der Waals surface area contributed by atoms with Crippen molar-refractivity contribution in [1.29, 1.82) is 0 Å². The zero-order valence-electron chi connectivity index (χ0n) is 13.0. The molecule has 2 aromatic heterocycles. The number of carbonyl (C=O) groups excluding carboxylic acids is 1. The fourth-order valence-electron chi connectivity index (χ4n) is 2.60. The van der Waals surface area contributed by atoms with Crippen molar-refractivity contribution >= 4 is 45.7 Å². The predicted molar refractivity (Wildman–Crippen MR) is 98.8 cm³/mol. The lowest BCUT2D eigenvalue weighted by Gasteiger charge is -2.08. The molecule has 0 saturated carbocycles. The molecule has 4 aromatic rings. The van der Waals surface area contributed by atoms with Crippen molar-refractivity contribution < 1.29 is 9.32 Å². The molecule has 0 aliphatic carbocycles. The molecule has 3 N–H and O–H groups in total. The van der Waals surface area contributed by atoms with Gasteiger partial charge in [-0.1, -0.05) is 40.5 Å². The summed E-state index contributed by atoms with van der Waals surface area (Å²) in [5.41, 5.74) is 1.85. The van der Waals surface area contributed by atoms with Gasteiger partial charge in [-0.25, -0.2) is 4.79 Å².